The largest absolute Gasteiger partial charge is 0.542 e. The molecule has 3 aliphatic heterocycles. The average Bonchev–Trinajstić information content (AvgIpc) is 1.63. The quantitative estimate of drug-likeness (QED) is 0.0157. The third-order valence-corrected chi connectivity index (χ3v) is 27.3. The summed E-state index contributed by atoms with van der Waals surface area (Å²) in [5, 5.41) is 53.4. The molecule has 766 valence electrons. The van der Waals surface area contributed by atoms with E-state index in [2.05, 4.69) is 91.1 Å². The Labute approximate surface area is 799 Å². The number of carbonyl (C=O) groups is 15. The van der Waals surface area contributed by atoms with Gasteiger partial charge in [-0.3, -0.25) is 52.6 Å². The number of Topliss-reactive ketones (excluding diaryl/α,β-unsaturated/α-hetero) is 2. The molecule has 14 N–H and O–H groups in total. The molecule has 3 saturated heterocycles. The maximum Gasteiger partial charge on any atom is 0.430 e. The van der Waals surface area contributed by atoms with E-state index in [1.807, 2.05) is 62.3 Å². The Bertz CT molecular complexity index is 4440. The van der Waals surface area contributed by atoms with Gasteiger partial charge in [0.1, 0.15) is 53.4 Å². The average molecular weight is 1950 g/mol. The molecule has 35 nitrogen and oxygen atoms in total. The number of aliphatic hydroxyl groups excluding tert-OH is 1. The van der Waals surface area contributed by atoms with Crippen LogP contribution in [0.2, 0.25) is 0 Å². The Kier molecular flexibility index (Phi) is 47.1. The van der Waals surface area contributed by atoms with Crippen LogP contribution in [0.3, 0.4) is 0 Å². The van der Waals surface area contributed by atoms with Crippen LogP contribution in [-0.4, -0.2) is 255 Å². The molecular formula is C96H151F4N13O22S. The number of aliphatic carboxylic acids is 2. The van der Waals surface area contributed by atoms with Gasteiger partial charge in [-0.15, -0.1) is 56.8 Å². The molecule has 0 radical (unpaired) electrons. The minimum atomic E-state index is -5.19. The van der Waals surface area contributed by atoms with Crippen LogP contribution in [0.5, 0.6) is 0 Å². The third-order valence-electron chi connectivity index (χ3n) is 24.5. The normalized spacial score (nSPS) is 21.9. The minimum absolute atomic E-state index is 0. The zero-order chi connectivity index (χ0) is 103. The van der Waals surface area contributed by atoms with Gasteiger partial charge in [0.05, 0.1) is 28.1 Å². The number of amides is 12. The van der Waals surface area contributed by atoms with Gasteiger partial charge >= 0.3 is 30.4 Å². The van der Waals surface area contributed by atoms with Crippen LogP contribution in [0.15, 0.2) is 38.0 Å². The second-order valence-corrected chi connectivity index (χ2v) is 44.5. The first-order chi connectivity index (χ1) is 62.2. The van der Waals surface area contributed by atoms with Crippen molar-refractivity contribution in [3.05, 3.63) is 38.0 Å². The second kappa shape index (κ2) is 52.8. The number of alkyl carbamates (subject to hydrolysis) is 2. The van der Waals surface area contributed by atoms with E-state index in [4.69, 9.17) is 38.6 Å². The number of hydrogen-bond donors (Lipinski definition) is 12. The van der Waals surface area contributed by atoms with Crippen molar-refractivity contribution in [3.8, 4) is 37.0 Å². The SMILES string of the molecule is C#CCCC(NC(=O)[C@@H]1[C@H]2CCC[C@H]2CN1C(=O)[C@@H](NC(=O)NC1(CS(=O)(=O)C(C)(C)C)CCCCC1)C(C)(C)C)C(=O)C(=O)NCC=C.C#CCCC(NC(=O)[C@@H]1[C@H]2CCC[C@H]2CN1C(=O)[C@@H](NC(=O)OC(C)(C)C)C(C)(C)C)C(O)C(=O)NCC=C.C#CCCC([NH3+])C(=O)C(=O)NCC=C.CC(C)(C)OC(=O)N[C@H](C(=O)N1C[C@@H]2CCC[C@@H]2[C@H]1C(=O)O)C(C)(C)C.F.O=C([O-])C(F)(F)F. The number of carbonyl (C=O) groups excluding carboxylic acids is 14. The van der Waals surface area contributed by atoms with E-state index in [0.717, 1.165) is 70.6 Å². The highest BCUT2D eigenvalue weighted by Gasteiger charge is 2.57. The van der Waals surface area contributed by atoms with Gasteiger partial charge in [0.2, 0.25) is 35.3 Å². The van der Waals surface area contributed by atoms with Gasteiger partial charge in [-0.2, -0.15) is 13.2 Å². The number of hydrogen-bond acceptors (Lipinski definition) is 21. The number of ketones is 2. The number of nitrogens with zero attached hydrogens (tertiary/aromatic N) is 3. The molecule has 12 amide bonds. The highest BCUT2D eigenvalue weighted by molar-refractivity contribution is 7.92. The van der Waals surface area contributed by atoms with Crippen molar-refractivity contribution in [2.75, 3.05) is 45.0 Å². The van der Waals surface area contributed by atoms with E-state index < -0.39 is 191 Å². The summed E-state index contributed by atoms with van der Waals surface area (Å²) in [5.74, 6) is -2.21. The van der Waals surface area contributed by atoms with Gasteiger partial charge < -0.3 is 97.9 Å². The molecule has 0 aromatic carbocycles. The number of nitrogens with one attached hydrogen (secondary N) is 9. The van der Waals surface area contributed by atoms with Crippen molar-refractivity contribution in [2.24, 2.45) is 51.8 Å². The number of urea groups is 1. The number of sulfone groups is 1. The lowest BCUT2D eigenvalue weighted by atomic mass is 9.83. The van der Waals surface area contributed by atoms with Crippen molar-refractivity contribution in [1.29, 1.82) is 0 Å². The van der Waals surface area contributed by atoms with Gasteiger partial charge in [0.25, 0.3) is 23.5 Å². The number of carboxylic acid groups (broad SMARTS) is 2. The van der Waals surface area contributed by atoms with E-state index in [9.17, 15) is 98.9 Å². The molecule has 40 heteroatoms. The predicted molar refractivity (Wildman–Crippen MR) is 500 cm³/mol. The Morgan fingerprint density at radius 3 is 1.23 bits per heavy atom. The van der Waals surface area contributed by atoms with Crippen molar-refractivity contribution in [3.63, 3.8) is 0 Å². The first-order valence-electron chi connectivity index (χ1n) is 46.1. The van der Waals surface area contributed by atoms with Crippen LogP contribution in [0, 0.1) is 88.8 Å². The fourth-order valence-corrected chi connectivity index (χ4v) is 19.2. The smallest absolute Gasteiger partial charge is 0.430 e. The molecule has 7 fully saturated rings. The number of ether oxygens (including phenoxy) is 2. The molecule has 0 aromatic rings. The molecular weight excluding hydrogens is 1800 g/mol. The number of rotatable bonds is 32. The van der Waals surface area contributed by atoms with Gasteiger partial charge in [-0.05, 0) is 178 Å². The lowest BCUT2D eigenvalue weighted by Crippen LogP contribution is -2.67. The summed E-state index contributed by atoms with van der Waals surface area (Å²) in [4.78, 5) is 194. The molecule has 4 unspecified atom stereocenters. The van der Waals surface area contributed by atoms with Gasteiger partial charge in [-0.25, -0.2) is 27.6 Å². The maximum atomic E-state index is 14.5. The monoisotopic (exact) mass is 1950 g/mol. The van der Waals surface area contributed by atoms with Crippen molar-refractivity contribution in [2.45, 2.75) is 341 Å². The number of halogens is 4. The highest BCUT2D eigenvalue weighted by atomic mass is 32.2. The predicted octanol–water partition coefficient (Wildman–Crippen LogP) is 6.10. The van der Waals surface area contributed by atoms with Crippen LogP contribution >= 0.6 is 0 Å². The lowest BCUT2D eigenvalue weighted by molar-refractivity contribution is -0.403. The van der Waals surface area contributed by atoms with E-state index in [1.165, 1.54) is 28.0 Å². The fourth-order valence-electron chi connectivity index (χ4n) is 17.7. The summed E-state index contributed by atoms with van der Waals surface area (Å²) >= 11 is 0. The Hall–Kier alpha value is -10.7. The number of carboxylic acids is 2. The van der Waals surface area contributed by atoms with Crippen LogP contribution < -0.4 is 58.7 Å². The van der Waals surface area contributed by atoms with E-state index in [-0.39, 0.29) is 103 Å². The lowest BCUT2D eigenvalue weighted by Gasteiger charge is -2.41. The summed E-state index contributed by atoms with van der Waals surface area (Å²) in [7, 11) is -3.57. The number of fused-ring (bicyclic) bond motifs is 3. The Morgan fingerprint density at radius 1 is 0.515 bits per heavy atom. The highest BCUT2D eigenvalue weighted by Crippen LogP contribution is 2.47. The number of quaternary nitrogens is 1. The zero-order valence-electron chi connectivity index (χ0n) is 82.5. The summed E-state index contributed by atoms with van der Waals surface area (Å²) in [6, 6.07) is -8.66. The van der Waals surface area contributed by atoms with E-state index in [0.29, 0.717) is 51.7 Å². The number of terminal acetylenes is 3. The van der Waals surface area contributed by atoms with Crippen LogP contribution in [0.4, 0.5) is 32.3 Å². The Morgan fingerprint density at radius 2 is 0.868 bits per heavy atom. The zero-order valence-corrected chi connectivity index (χ0v) is 83.3. The fraction of sp³-hybridized carbons (Fsp3) is 0.719. The van der Waals surface area contributed by atoms with Crippen molar-refractivity contribution < 1.29 is 129 Å². The first-order valence-corrected chi connectivity index (χ1v) is 47.8. The number of aliphatic hydroxyl groups is 1. The van der Waals surface area contributed by atoms with Crippen molar-refractivity contribution >= 4 is 98.8 Å². The van der Waals surface area contributed by atoms with E-state index >= 15 is 0 Å². The van der Waals surface area contributed by atoms with Gasteiger partial charge in [-0.1, -0.05) is 119 Å². The van der Waals surface area contributed by atoms with Crippen LogP contribution in [0.1, 0.15) is 253 Å². The molecule has 4 saturated carbocycles. The minimum Gasteiger partial charge on any atom is -0.542 e. The van der Waals surface area contributed by atoms with Gasteiger partial charge in [0, 0.05) is 65.0 Å². The maximum absolute atomic E-state index is 14.5. The van der Waals surface area contributed by atoms with E-state index in [1.54, 1.807) is 67.2 Å². The molecule has 0 bridgehead atoms. The molecule has 0 spiro atoms. The number of likely N-dealkylation sites (tertiary alicyclic amines) is 3. The van der Waals surface area contributed by atoms with Crippen LogP contribution in [-0.2, 0) is 76.8 Å². The molecule has 7 rings (SSSR count). The topological polar surface area (TPSA) is 518 Å². The number of alkyl halides is 3. The van der Waals surface area contributed by atoms with Gasteiger partial charge in [0.15, 0.2) is 22.0 Å². The molecule has 136 heavy (non-hydrogen) atoms. The summed E-state index contributed by atoms with van der Waals surface area (Å²) < 4.78 is 67.8. The molecule has 4 aliphatic carbocycles. The first kappa shape index (κ1) is 121. The summed E-state index contributed by atoms with van der Waals surface area (Å²) in [6.45, 7) is 44.1. The third kappa shape index (κ3) is 37.0. The standard InChI is InChI=1S/C36H57N5O7S.C29H46N4O6.C19H32N2O5.C10H14N2O2.C2HF3O2.FH/c1-9-11-18-26(28(42)31(44)37-21-10-2)38-30(43)27-25-17-15-16-24(25)22-41(27)32(45)29(34(3,4)5)39-33(46)40-36(19-13-12-14-20-36)23-49(47,48)35(6,7)8;1-9-11-15-20(22(34)25(36)30-16-10-2)31-24(35)21-19-14-12-13-18(19)17-33(21)26(37)23(28(3,4)5)32-27(38)39-29(6,7)8;1-18(2,3)14(20-17(25)26-19(4,5)6)15(22)21-10-11-8-7-9-12(11)13(21)16(23)24;1-3-5-6-8(11)9(13)10(14)12-7-4-2;3-2(4,5)1(6)7;/h1,10,24-27,29H,2,11-23H2,3-8H3,(H,37,44)(H,38,43)(H2,39,40,46);1,10,18-23,34H,2,11-17H2,3-8H3,(H,30,36)(H,31,35)(H,32,38);11-14H,7-10H2,1-6H3,(H,20,25)(H,23,24);1,4,8H,2,5-7,11H2,(H,12,14);(H,6,7);1H/t24-,25-,26?,27-,29+;18-,19-,20?,21-,22?,23+;11-,12-,13-,14+;;;/m000.../s1. The molecule has 7 aliphatic rings. The Balaban J connectivity index is 0.000000638. The molecule has 3 heterocycles. The van der Waals surface area contributed by atoms with Crippen molar-refractivity contribution in [1.82, 2.24) is 62.6 Å². The molecule has 0 aromatic heterocycles. The second-order valence-electron chi connectivity index (χ2n) is 41.8. The summed E-state index contributed by atoms with van der Waals surface area (Å²) in [6.07, 6.45) is 25.1. The summed E-state index contributed by atoms with van der Waals surface area (Å²) in [5.41, 5.74) is -0.831. The van der Waals surface area contributed by atoms with Crippen LogP contribution in [0.25, 0.3) is 0 Å². The molecule has 16 atom stereocenters.